The van der Waals surface area contributed by atoms with Crippen LogP contribution < -0.4 is 14.8 Å². The molecule has 1 atom stereocenters. The molecule has 0 radical (unpaired) electrons. The molecule has 1 saturated heterocycles. The van der Waals surface area contributed by atoms with Gasteiger partial charge in [0.1, 0.15) is 13.2 Å². The summed E-state index contributed by atoms with van der Waals surface area (Å²) in [6, 6.07) is 6.69. The quantitative estimate of drug-likeness (QED) is 0.824. The highest BCUT2D eigenvalue weighted by Gasteiger charge is 2.32. The molecule has 5 heteroatoms. The van der Waals surface area contributed by atoms with Crippen molar-refractivity contribution in [2.75, 3.05) is 19.8 Å². The van der Waals surface area contributed by atoms with Gasteiger partial charge in [-0.15, -0.1) is 0 Å². The third-order valence-corrected chi connectivity index (χ3v) is 5.65. The second-order valence-corrected chi connectivity index (χ2v) is 7.39. The first-order chi connectivity index (χ1) is 12.3. The number of ether oxygens (including phenoxy) is 2. The van der Waals surface area contributed by atoms with Crippen molar-refractivity contribution in [3.8, 4) is 11.5 Å². The summed E-state index contributed by atoms with van der Waals surface area (Å²) in [5.74, 6) is 1.61. The minimum atomic E-state index is 0.101. The highest BCUT2D eigenvalue weighted by molar-refractivity contribution is 5.75. The molecule has 5 nitrogen and oxygen atoms in total. The lowest BCUT2D eigenvalue weighted by Crippen LogP contribution is -2.44. The van der Waals surface area contributed by atoms with E-state index in [9.17, 15) is 4.79 Å². The van der Waals surface area contributed by atoms with Crippen LogP contribution in [-0.2, 0) is 0 Å². The van der Waals surface area contributed by atoms with E-state index in [0.29, 0.717) is 19.3 Å². The monoisotopic (exact) mass is 344 g/mol. The third kappa shape index (κ3) is 3.70. The molecular weight excluding hydrogens is 316 g/mol. The van der Waals surface area contributed by atoms with Crippen LogP contribution in [0.25, 0.3) is 0 Å². The van der Waals surface area contributed by atoms with Crippen LogP contribution in [0.2, 0.25) is 0 Å². The first-order valence-electron chi connectivity index (χ1n) is 9.78. The molecule has 1 aliphatic carbocycles. The highest BCUT2D eigenvalue weighted by atomic mass is 16.6. The molecule has 2 amide bonds. The van der Waals surface area contributed by atoms with E-state index in [2.05, 4.69) is 17.4 Å². The van der Waals surface area contributed by atoms with Crippen LogP contribution in [0.1, 0.15) is 63.0 Å². The summed E-state index contributed by atoms with van der Waals surface area (Å²) in [6.07, 6.45) is 9.37. The Morgan fingerprint density at radius 2 is 1.72 bits per heavy atom. The van der Waals surface area contributed by atoms with Crippen LogP contribution in [0, 0.1) is 0 Å². The van der Waals surface area contributed by atoms with E-state index in [1.807, 2.05) is 11.0 Å². The number of benzene rings is 1. The molecule has 0 aromatic heterocycles. The Balaban J connectivity index is 1.45. The normalized spacial score (nSPS) is 24.0. The maximum atomic E-state index is 12.9. The molecular formula is C20H28N2O3. The second kappa shape index (κ2) is 7.54. The number of urea groups is 1. The predicted molar refractivity (Wildman–Crippen MR) is 96.1 cm³/mol. The van der Waals surface area contributed by atoms with Gasteiger partial charge in [-0.1, -0.05) is 31.7 Å². The fourth-order valence-electron chi connectivity index (χ4n) is 4.30. The van der Waals surface area contributed by atoms with E-state index in [1.54, 1.807) is 0 Å². The maximum absolute atomic E-state index is 12.9. The van der Waals surface area contributed by atoms with Gasteiger partial charge in [-0.2, -0.15) is 0 Å². The maximum Gasteiger partial charge on any atom is 0.318 e. The molecule has 0 spiro atoms. The van der Waals surface area contributed by atoms with E-state index >= 15 is 0 Å². The summed E-state index contributed by atoms with van der Waals surface area (Å²) in [4.78, 5) is 14.9. The minimum Gasteiger partial charge on any atom is -0.486 e. The number of nitrogens with one attached hydrogen (secondary N) is 1. The zero-order chi connectivity index (χ0) is 17.1. The van der Waals surface area contributed by atoms with Crippen LogP contribution >= 0.6 is 0 Å². The number of hydrogen-bond acceptors (Lipinski definition) is 3. The first-order valence-corrected chi connectivity index (χ1v) is 9.78. The van der Waals surface area contributed by atoms with Crippen LogP contribution in [0.5, 0.6) is 11.5 Å². The summed E-state index contributed by atoms with van der Waals surface area (Å²) in [5.41, 5.74) is 1.15. The third-order valence-electron chi connectivity index (χ3n) is 5.65. The Labute approximate surface area is 149 Å². The fourth-order valence-corrected chi connectivity index (χ4v) is 4.30. The van der Waals surface area contributed by atoms with Crippen molar-refractivity contribution in [1.29, 1.82) is 0 Å². The van der Waals surface area contributed by atoms with Gasteiger partial charge in [-0.25, -0.2) is 4.79 Å². The largest absolute Gasteiger partial charge is 0.486 e. The Morgan fingerprint density at radius 1 is 0.960 bits per heavy atom. The van der Waals surface area contributed by atoms with Gasteiger partial charge in [-0.05, 0) is 43.4 Å². The summed E-state index contributed by atoms with van der Waals surface area (Å²) >= 11 is 0. The van der Waals surface area contributed by atoms with Crippen molar-refractivity contribution in [3.05, 3.63) is 23.8 Å². The van der Waals surface area contributed by atoms with E-state index in [4.69, 9.17) is 9.47 Å². The van der Waals surface area contributed by atoms with Crippen LogP contribution in [-0.4, -0.2) is 36.7 Å². The van der Waals surface area contributed by atoms with Gasteiger partial charge in [0.2, 0.25) is 0 Å². The highest BCUT2D eigenvalue weighted by Crippen LogP contribution is 2.38. The lowest BCUT2D eigenvalue weighted by atomic mass is 10.0. The van der Waals surface area contributed by atoms with Gasteiger partial charge in [0.25, 0.3) is 0 Å². The summed E-state index contributed by atoms with van der Waals surface area (Å²) in [7, 11) is 0. The fraction of sp³-hybridized carbons (Fsp3) is 0.650. The number of hydrogen-bond donors (Lipinski definition) is 1. The minimum absolute atomic E-state index is 0.101. The zero-order valence-electron chi connectivity index (χ0n) is 14.8. The molecule has 1 N–H and O–H groups in total. The molecule has 0 bridgehead atoms. The molecule has 1 aromatic rings. The molecule has 2 aliphatic heterocycles. The number of amides is 2. The molecule has 2 fully saturated rings. The lowest BCUT2D eigenvalue weighted by molar-refractivity contribution is 0.170. The molecule has 1 unspecified atom stereocenters. The number of likely N-dealkylation sites (tertiary alicyclic amines) is 1. The average molecular weight is 344 g/mol. The molecule has 4 rings (SSSR count). The predicted octanol–water partition coefficient (Wildman–Crippen LogP) is 4.03. The second-order valence-electron chi connectivity index (χ2n) is 7.39. The van der Waals surface area contributed by atoms with Crippen molar-refractivity contribution >= 4 is 6.03 Å². The molecule has 2 heterocycles. The smallest absolute Gasteiger partial charge is 0.318 e. The number of fused-ring (bicyclic) bond motifs is 1. The van der Waals surface area contributed by atoms with Crippen molar-refractivity contribution < 1.29 is 14.3 Å². The van der Waals surface area contributed by atoms with Crippen LogP contribution in [0.3, 0.4) is 0 Å². The number of carbonyl (C=O) groups excluding carboxylic acids is 1. The van der Waals surface area contributed by atoms with Gasteiger partial charge in [0.15, 0.2) is 11.5 Å². The molecule has 1 saturated carbocycles. The molecule has 25 heavy (non-hydrogen) atoms. The summed E-state index contributed by atoms with van der Waals surface area (Å²) in [5, 5.41) is 3.29. The SMILES string of the molecule is O=C(NC1CCCCCC1)N1CCCC1c1ccc2c(c1)OCCO2. The number of nitrogens with zero attached hydrogens (tertiary/aromatic N) is 1. The van der Waals surface area contributed by atoms with Gasteiger partial charge < -0.3 is 19.7 Å². The number of carbonyl (C=O) groups is 1. The van der Waals surface area contributed by atoms with E-state index < -0.39 is 0 Å². The van der Waals surface area contributed by atoms with E-state index in [1.165, 1.54) is 25.7 Å². The van der Waals surface area contributed by atoms with Gasteiger partial charge in [-0.3, -0.25) is 0 Å². The van der Waals surface area contributed by atoms with Crippen molar-refractivity contribution in [2.24, 2.45) is 0 Å². The first kappa shape index (κ1) is 16.6. The van der Waals surface area contributed by atoms with Crippen LogP contribution in [0.15, 0.2) is 18.2 Å². The van der Waals surface area contributed by atoms with Gasteiger partial charge in [0, 0.05) is 12.6 Å². The zero-order valence-corrected chi connectivity index (χ0v) is 14.8. The van der Waals surface area contributed by atoms with Gasteiger partial charge in [0.05, 0.1) is 6.04 Å². The molecule has 3 aliphatic rings. The summed E-state index contributed by atoms with van der Waals surface area (Å²) < 4.78 is 11.3. The topological polar surface area (TPSA) is 50.8 Å². The van der Waals surface area contributed by atoms with Crippen molar-refractivity contribution in [1.82, 2.24) is 10.2 Å². The molecule has 136 valence electrons. The van der Waals surface area contributed by atoms with Crippen molar-refractivity contribution in [2.45, 2.75) is 63.5 Å². The lowest BCUT2D eigenvalue weighted by Gasteiger charge is -2.29. The summed E-state index contributed by atoms with van der Waals surface area (Å²) in [6.45, 7) is 2.02. The van der Waals surface area contributed by atoms with Gasteiger partial charge >= 0.3 is 6.03 Å². The average Bonchev–Trinajstić information content (AvgIpc) is 3.00. The Morgan fingerprint density at radius 3 is 2.52 bits per heavy atom. The Kier molecular flexibility index (Phi) is 4.99. The van der Waals surface area contributed by atoms with Crippen LogP contribution in [0.4, 0.5) is 4.79 Å². The molecule has 1 aromatic carbocycles. The van der Waals surface area contributed by atoms with Crippen molar-refractivity contribution in [3.63, 3.8) is 0 Å². The van der Waals surface area contributed by atoms with E-state index in [0.717, 1.165) is 49.3 Å². The Hall–Kier alpha value is -1.91. The standard InChI is InChI=1S/C20H28N2O3/c23-20(21-16-6-3-1-2-4-7-16)22-11-5-8-17(22)15-9-10-18-19(14-15)25-13-12-24-18/h9-10,14,16-17H,1-8,11-13H2,(H,21,23). The van der Waals surface area contributed by atoms with E-state index in [-0.39, 0.29) is 12.1 Å². The Bertz CT molecular complexity index is 611. The number of rotatable bonds is 2.